The molecule has 102 valence electrons. The Morgan fingerprint density at radius 2 is 2.11 bits per heavy atom. The van der Waals surface area contributed by atoms with Crippen molar-refractivity contribution in [3.8, 4) is 0 Å². The lowest BCUT2D eigenvalue weighted by atomic mass is 10.3. The van der Waals surface area contributed by atoms with Crippen LogP contribution < -0.4 is 10.2 Å². The van der Waals surface area contributed by atoms with Gasteiger partial charge in [0.2, 0.25) is 5.95 Å². The minimum Gasteiger partial charge on any atom is -0.480 e. The van der Waals surface area contributed by atoms with Crippen LogP contribution in [-0.2, 0) is 4.79 Å². The highest BCUT2D eigenvalue weighted by Gasteiger charge is 2.19. The number of nitrogens with one attached hydrogen (secondary N) is 1. The van der Waals surface area contributed by atoms with Gasteiger partial charge in [-0.2, -0.15) is 0 Å². The number of rotatable bonds is 4. The molecule has 0 aromatic carbocycles. The number of aromatic nitrogens is 2. The molecule has 7 heteroatoms. The van der Waals surface area contributed by atoms with Crippen molar-refractivity contribution in [1.82, 2.24) is 15.3 Å². The molecule has 19 heavy (non-hydrogen) atoms. The monoisotopic (exact) mass is 264 g/mol. The Labute approximate surface area is 110 Å². The van der Waals surface area contributed by atoms with Gasteiger partial charge in [-0.1, -0.05) is 0 Å². The van der Waals surface area contributed by atoms with Crippen LogP contribution in [0.15, 0.2) is 12.3 Å². The predicted molar refractivity (Wildman–Crippen MR) is 68.0 cm³/mol. The van der Waals surface area contributed by atoms with Crippen molar-refractivity contribution in [3.05, 3.63) is 18.0 Å². The Kier molecular flexibility index (Phi) is 3.94. The summed E-state index contributed by atoms with van der Waals surface area (Å²) in [5, 5.41) is 11.1. The third-order valence-electron chi connectivity index (χ3n) is 2.98. The lowest BCUT2D eigenvalue weighted by molar-refractivity contribution is -0.138. The first-order chi connectivity index (χ1) is 9.08. The van der Waals surface area contributed by atoms with Crippen LogP contribution in [0.25, 0.3) is 0 Å². The standard InChI is InChI=1S/C12H16N4O3/c1-8(11(18)19)14-10(17)9-4-5-13-12(15-9)16-6-2-3-7-16/h4-5,8H,2-3,6-7H2,1H3,(H,14,17)(H,18,19). The molecule has 0 aliphatic carbocycles. The van der Waals surface area contributed by atoms with Crippen molar-refractivity contribution in [3.63, 3.8) is 0 Å². The first-order valence-electron chi connectivity index (χ1n) is 6.19. The van der Waals surface area contributed by atoms with Gasteiger partial charge in [0.25, 0.3) is 5.91 Å². The quantitative estimate of drug-likeness (QED) is 0.811. The van der Waals surface area contributed by atoms with Crippen molar-refractivity contribution in [1.29, 1.82) is 0 Å². The summed E-state index contributed by atoms with van der Waals surface area (Å²) < 4.78 is 0. The lowest BCUT2D eigenvalue weighted by Gasteiger charge is -2.15. The topological polar surface area (TPSA) is 95.4 Å². The molecule has 2 heterocycles. The molecule has 1 aromatic heterocycles. The van der Waals surface area contributed by atoms with Crippen molar-refractivity contribution < 1.29 is 14.7 Å². The Morgan fingerprint density at radius 3 is 2.74 bits per heavy atom. The molecule has 0 saturated carbocycles. The number of nitrogens with zero attached hydrogens (tertiary/aromatic N) is 3. The van der Waals surface area contributed by atoms with Gasteiger partial charge in [0, 0.05) is 19.3 Å². The number of carboxylic acid groups (broad SMARTS) is 1. The smallest absolute Gasteiger partial charge is 0.325 e. The maximum atomic E-state index is 11.8. The number of anilines is 1. The highest BCUT2D eigenvalue weighted by atomic mass is 16.4. The fraction of sp³-hybridized carbons (Fsp3) is 0.500. The molecule has 2 N–H and O–H groups in total. The van der Waals surface area contributed by atoms with Crippen molar-refractivity contribution in [2.24, 2.45) is 0 Å². The van der Waals surface area contributed by atoms with Crippen LogP contribution in [0.1, 0.15) is 30.3 Å². The van der Waals surface area contributed by atoms with Crippen molar-refractivity contribution >= 4 is 17.8 Å². The van der Waals surface area contributed by atoms with E-state index in [0.29, 0.717) is 5.95 Å². The minimum absolute atomic E-state index is 0.185. The zero-order valence-electron chi connectivity index (χ0n) is 10.7. The van der Waals surface area contributed by atoms with Gasteiger partial charge in [-0.05, 0) is 25.8 Å². The van der Waals surface area contributed by atoms with Gasteiger partial charge in [-0.15, -0.1) is 0 Å². The van der Waals surface area contributed by atoms with E-state index in [1.165, 1.54) is 19.2 Å². The number of carbonyl (C=O) groups is 2. The van der Waals surface area contributed by atoms with E-state index < -0.39 is 17.9 Å². The maximum Gasteiger partial charge on any atom is 0.325 e. The Bertz CT molecular complexity index is 486. The number of hydrogen-bond donors (Lipinski definition) is 2. The maximum absolute atomic E-state index is 11.8. The second kappa shape index (κ2) is 5.64. The van der Waals surface area contributed by atoms with Gasteiger partial charge in [0.05, 0.1) is 0 Å². The van der Waals surface area contributed by atoms with Crippen LogP contribution in [-0.4, -0.2) is 46.1 Å². The molecule has 1 saturated heterocycles. The van der Waals surface area contributed by atoms with Crippen LogP contribution >= 0.6 is 0 Å². The van der Waals surface area contributed by atoms with Crippen LogP contribution in [0.4, 0.5) is 5.95 Å². The number of carbonyl (C=O) groups excluding carboxylic acids is 1. The SMILES string of the molecule is CC(NC(=O)c1ccnc(N2CCCC2)n1)C(=O)O. The van der Waals surface area contributed by atoms with E-state index in [4.69, 9.17) is 5.11 Å². The third-order valence-corrected chi connectivity index (χ3v) is 2.98. The molecule has 1 amide bonds. The summed E-state index contributed by atoms with van der Waals surface area (Å²) >= 11 is 0. The Hall–Kier alpha value is -2.18. The summed E-state index contributed by atoms with van der Waals surface area (Å²) in [4.78, 5) is 32.9. The van der Waals surface area contributed by atoms with Crippen LogP contribution in [0, 0.1) is 0 Å². The molecular weight excluding hydrogens is 248 g/mol. The number of aliphatic carboxylic acids is 1. The molecular formula is C12H16N4O3. The molecule has 1 atom stereocenters. The number of hydrogen-bond acceptors (Lipinski definition) is 5. The summed E-state index contributed by atoms with van der Waals surface area (Å²) in [5.41, 5.74) is 0.185. The highest BCUT2D eigenvalue weighted by Crippen LogP contribution is 2.15. The van der Waals surface area contributed by atoms with Gasteiger partial charge in [-0.25, -0.2) is 9.97 Å². The van der Waals surface area contributed by atoms with E-state index in [0.717, 1.165) is 25.9 Å². The van der Waals surface area contributed by atoms with Crippen molar-refractivity contribution in [2.45, 2.75) is 25.8 Å². The normalized spacial score (nSPS) is 16.2. The lowest BCUT2D eigenvalue weighted by Crippen LogP contribution is -2.38. The fourth-order valence-corrected chi connectivity index (χ4v) is 1.88. The van der Waals surface area contributed by atoms with Gasteiger partial charge < -0.3 is 15.3 Å². The zero-order chi connectivity index (χ0) is 13.8. The third kappa shape index (κ3) is 3.18. The van der Waals surface area contributed by atoms with Gasteiger partial charge in [0.1, 0.15) is 11.7 Å². The number of amides is 1. The molecule has 1 aliphatic heterocycles. The Balaban J connectivity index is 2.09. The zero-order valence-corrected chi connectivity index (χ0v) is 10.7. The molecule has 0 bridgehead atoms. The van der Waals surface area contributed by atoms with E-state index in [1.54, 1.807) is 0 Å². The Morgan fingerprint density at radius 1 is 1.42 bits per heavy atom. The average Bonchev–Trinajstić information content (AvgIpc) is 2.92. The molecule has 1 aromatic rings. The first kappa shape index (κ1) is 13.3. The van der Waals surface area contributed by atoms with E-state index in [-0.39, 0.29) is 5.69 Å². The largest absolute Gasteiger partial charge is 0.480 e. The van der Waals surface area contributed by atoms with Crippen molar-refractivity contribution in [2.75, 3.05) is 18.0 Å². The van der Waals surface area contributed by atoms with Gasteiger partial charge >= 0.3 is 5.97 Å². The second-order valence-corrected chi connectivity index (χ2v) is 4.47. The second-order valence-electron chi connectivity index (χ2n) is 4.47. The summed E-state index contributed by atoms with van der Waals surface area (Å²) in [5.74, 6) is -1.06. The molecule has 0 spiro atoms. The van der Waals surface area contributed by atoms with Gasteiger partial charge in [0.15, 0.2) is 0 Å². The molecule has 2 rings (SSSR count). The molecule has 1 unspecified atom stereocenters. The molecule has 0 radical (unpaired) electrons. The predicted octanol–water partition coefficient (Wildman–Crippen LogP) is 0.280. The van der Waals surface area contributed by atoms with Crippen LogP contribution in [0.2, 0.25) is 0 Å². The summed E-state index contributed by atoms with van der Waals surface area (Å²) in [6.07, 6.45) is 3.70. The molecule has 7 nitrogen and oxygen atoms in total. The summed E-state index contributed by atoms with van der Waals surface area (Å²) in [6, 6.07) is 0.529. The minimum atomic E-state index is -1.08. The highest BCUT2D eigenvalue weighted by molar-refractivity contribution is 5.95. The van der Waals surface area contributed by atoms with E-state index in [2.05, 4.69) is 15.3 Å². The summed E-state index contributed by atoms with van der Waals surface area (Å²) in [6.45, 7) is 3.18. The van der Waals surface area contributed by atoms with Crippen LogP contribution in [0.3, 0.4) is 0 Å². The number of carboxylic acids is 1. The summed E-state index contributed by atoms with van der Waals surface area (Å²) in [7, 11) is 0. The molecule has 1 aliphatic rings. The first-order valence-corrected chi connectivity index (χ1v) is 6.19. The van der Waals surface area contributed by atoms with E-state index >= 15 is 0 Å². The van der Waals surface area contributed by atoms with Gasteiger partial charge in [-0.3, -0.25) is 9.59 Å². The van der Waals surface area contributed by atoms with E-state index in [9.17, 15) is 9.59 Å². The van der Waals surface area contributed by atoms with Crippen LogP contribution in [0.5, 0.6) is 0 Å². The fourth-order valence-electron chi connectivity index (χ4n) is 1.88. The average molecular weight is 264 g/mol. The van der Waals surface area contributed by atoms with E-state index in [1.807, 2.05) is 4.90 Å². The molecule has 1 fully saturated rings.